The molecule has 0 unspecified atom stereocenters. The highest BCUT2D eigenvalue weighted by Gasteiger charge is 2.10. The maximum absolute atomic E-state index is 11.7. The maximum Gasteiger partial charge on any atom is 0.306 e. The fourth-order valence-corrected chi connectivity index (χ4v) is 3.67. The smallest absolute Gasteiger partial charge is 0.306 e. The topological polar surface area (TPSA) is 69.7 Å². The lowest BCUT2D eigenvalue weighted by molar-refractivity contribution is -0.153. The van der Waals surface area contributed by atoms with Crippen LogP contribution in [0.3, 0.4) is 0 Å². The summed E-state index contributed by atoms with van der Waals surface area (Å²) in [5, 5.41) is 0. The van der Waals surface area contributed by atoms with Crippen LogP contribution in [0.2, 0.25) is 0 Å². The Balaban J connectivity index is 3.46. The van der Waals surface area contributed by atoms with Crippen molar-refractivity contribution < 1.29 is 23.9 Å². The van der Waals surface area contributed by atoms with Crippen molar-refractivity contribution in [2.45, 2.75) is 142 Å². The summed E-state index contributed by atoms with van der Waals surface area (Å²) in [6.45, 7) is 3.83. The van der Waals surface area contributed by atoms with E-state index in [0.717, 1.165) is 38.5 Å². The molecule has 0 aliphatic rings. The van der Waals surface area contributed by atoms with Gasteiger partial charge in [-0.05, 0) is 12.8 Å². The molecule has 0 spiro atoms. The fraction of sp³-hybridized carbons (Fsp3) is 0.889. The van der Waals surface area contributed by atoms with Crippen LogP contribution in [-0.2, 0) is 23.9 Å². The molecule has 0 saturated heterocycles. The van der Waals surface area contributed by atoms with Gasteiger partial charge in [0.1, 0.15) is 0 Å². The summed E-state index contributed by atoms with van der Waals surface area (Å²) in [4.78, 5) is 35.2. The molecule has 0 bridgehead atoms. The Labute approximate surface area is 197 Å². The van der Waals surface area contributed by atoms with E-state index in [9.17, 15) is 14.4 Å². The number of Topliss-reactive ketones (excluding diaryl/α,β-unsaturated/α-hetero) is 1. The van der Waals surface area contributed by atoms with E-state index in [0.29, 0.717) is 12.8 Å². The Morgan fingerprint density at radius 1 is 0.438 bits per heavy atom. The molecule has 0 saturated carbocycles. The molecular weight excluding hydrogens is 404 g/mol. The first-order valence-corrected chi connectivity index (χ1v) is 13.4. The van der Waals surface area contributed by atoms with Crippen molar-refractivity contribution in [3.8, 4) is 0 Å². The molecule has 0 aliphatic heterocycles. The maximum atomic E-state index is 11.7. The Kier molecular flexibility index (Phi) is 23.2. The van der Waals surface area contributed by atoms with Gasteiger partial charge in [0.05, 0.1) is 0 Å². The number of rotatable bonds is 24. The summed E-state index contributed by atoms with van der Waals surface area (Å²) < 4.78 is 9.98. The number of ketones is 1. The summed E-state index contributed by atoms with van der Waals surface area (Å²) >= 11 is 0. The van der Waals surface area contributed by atoms with E-state index in [4.69, 9.17) is 9.47 Å². The van der Waals surface area contributed by atoms with Crippen molar-refractivity contribution in [3.63, 3.8) is 0 Å². The van der Waals surface area contributed by atoms with Gasteiger partial charge in [0.2, 0.25) is 5.78 Å². The molecular formula is C27H50O5. The van der Waals surface area contributed by atoms with Crippen LogP contribution in [0.25, 0.3) is 0 Å². The largest absolute Gasteiger partial charge is 0.458 e. The van der Waals surface area contributed by atoms with Gasteiger partial charge in [-0.3, -0.25) is 14.4 Å². The minimum Gasteiger partial charge on any atom is -0.458 e. The zero-order valence-electron chi connectivity index (χ0n) is 21.1. The number of hydrogen-bond acceptors (Lipinski definition) is 5. The van der Waals surface area contributed by atoms with Gasteiger partial charge in [-0.1, -0.05) is 117 Å². The summed E-state index contributed by atoms with van der Waals surface area (Å²) in [7, 11) is 0. The molecule has 5 nitrogen and oxygen atoms in total. The highest BCUT2D eigenvalue weighted by molar-refractivity contribution is 5.85. The molecule has 0 aromatic rings. The van der Waals surface area contributed by atoms with Crippen LogP contribution in [0.15, 0.2) is 0 Å². The first-order chi connectivity index (χ1) is 15.6. The highest BCUT2D eigenvalue weighted by Crippen LogP contribution is 2.12. The summed E-state index contributed by atoms with van der Waals surface area (Å²) in [6.07, 6.45) is 22.1. The normalized spacial score (nSPS) is 10.8. The third kappa shape index (κ3) is 23.3. The van der Waals surface area contributed by atoms with E-state index in [2.05, 4.69) is 13.8 Å². The lowest BCUT2D eigenvalue weighted by Gasteiger charge is -2.06. The highest BCUT2D eigenvalue weighted by atomic mass is 16.6. The number of carbonyl (C=O) groups excluding carboxylic acids is 3. The van der Waals surface area contributed by atoms with Crippen molar-refractivity contribution in [3.05, 3.63) is 0 Å². The average molecular weight is 455 g/mol. The second kappa shape index (κ2) is 24.3. The van der Waals surface area contributed by atoms with Gasteiger partial charge < -0.3 is 9.47 Å². The van der Waals surface area contributed by atoms with Crippen LogP contribution in [0, 0.1) is 0 Å². The summed E-state index contributed by atoms with van der Waals surface area (Å²) in [6, 6.07) is 0. The van der Waals surface area contributed by atoms with Gasteiger partial charge in [-0.15, -0.1) is 0 Å². The van der Waals surface area contributed by atoms with Crippen LogP contribution in [0.5, 0.6) is 0 Å². The standard InChI is InChI=1S/C27H50O5/c1-3-5-7-9-11-13-15-17-19-21-26(29)31-23-25(28)24-32-27(30)22-20-18-16-14-12-10-8-6-4-2/h3-24H2,1-2H3. The minimum absolute atomic E-state index is 0.304. The number of unbranched alkanes of at least 4 members (excludes halogenated alkanes) is 16. The minimum atomic E-state index is -0.370. The van der Waals surface area contributed by atoms with E-state index in [1.165, 1.54) is 77.0 Å². The molecule has 0 rings (SSSR count). The average Bonchev–Trinajstić information content (AvgIpc) is 2.79. The van der Waals surface area contributed by atoms with E-state index in [1.54, 1.807) is 0 Å². The Hall–Kier alpha value is -1.39. The van der Waals surface area contributed by atoms with E-state index in [1.807, 2.05) is 0 Å². The van der Waals surface area contributed by atoms with Crippen LogP contribution in [0.4, 0.5) is 0 Å². The second-order valence-corrected chi connectivity index (χ2v) is 9.02. The van der Waals surface area contributed by atoms with Gasteiger partial charge in [0, 0.05) is 12.8 Å². The lowest BCUT2D eigenvalue weighted by Crippen LogP contribution is -2.20. The predicted molar refractivity (Wildman–Crippen MR) is 131 cm³/mol. The van der Waals surface area contributed by atoms with Crippen molar-refractivity contribution in [1.29, 1.82) is 0 Å². The van der Waals surface area contributed by atoms with Crippen LogP contribution in [-0.4, -0.2) is 30.9 Å². The zero-order chi connectivity index (χ0) is 23.7. The van der Waals surface area contributed by atoms with Crippen molar-refractivity contribution in [1.82, 2.24) is 0 Å². The molecule has 188 valence electrons. The molecule has 5 heteroatoms. The molecule has 0 aromatic carbocycles. The van der Waals surface area contributed by atoms with Crippen LogP contribution in [0.1, 0.15) is 142 Å². The van der Waals surface area contributed by atoms with E-state index < -0.39 is 0 Å². The molecule has 0 aromatic heterocycles. The predicted octanol–water partition coefficient (Wildman–Crippen LogP) is 7.48. The SMILES string of the molecule is CCCCCCCCCCCC(=O)OCC(=O)COC(=O)CCCCCCCCCCC. The summed E-state index contributed by atoms with van der Waals surface area (Å²) in [5.74, 6) is -1.06. The molecule has 32 heavy (non-hydrogen) atoms. The summed E-state index contributed by atoms with van der Waals surface area (Å²) in [5.41, 5.74) is 0. The third-order valence-corrected chi connectivity index (χ3v) is 5.76. The number of carbonyl (C=O) groups is 3. The zero-order valence-corrected chi connectivity index (χ0v) is 21.1. The fourth-order valence-electron chi connectivity index (χ4n) is 3.67. The Bertz CT molecular complexity index is 421. The molecule has 0 radical (unpaired) electrons. The van der Waals surface area contributed by atoms with E-state index in [-0.39, 0.29) is 30.9 Å². The monoisotopic (exact) mass is 454 g/mol. The van der Waals surface area contributed by atoms with Crippen molar-refractivity contribution in [2.24, 2.45) is 0 Å². The van der Waals surface area contributed by atoms with Gasteiger partial charge in [0.25, 0.3) is 0 Å². The molecule has 0 amide bonds. The van der Waals surface area contributed by atoms with Gasteiger partial charge in [0.15, 0.2) is 13.2 Å². The molecule has 0 N–H and O–H groups in total. The molecule has 0 atom stereocenters. The Morgan fingerprint density at radius 2 is 0.719 bits per heavy atom. The van der Waals surface area contributed by atoms with Gasteiger partial charge >= 0.3 is 11.9 Å². The number of esters is 2. The Morgan fingerprint density at radius 3 is 1.03 bits per heavy atom. The quantitative estimate of drug-likeness (QED) is 0.112. The van der Waals surface area contributed by atoms with Gasteiger partial charge in [-0.2, -0.15) is 0 Å². The molecule has 0 fully saturated rings. The van der Waals surface area contributed by atoms with Gasteiger partial charge in [-0.25, -0.2) is 0 Å². The van der Waals surface area contributed by atoms with Crippen LogP contribution < -0.4 is 0 Å². The second-order valence-electron chi connectivity index (χ2n) is 9.02. The molecule has 0 heterocycles. The van der Waals surface area contributed by atoms with E-state index >= 15 is 0 Å². The van der Waals surface area contributed by atoms with Crippen molar-refractivity contribution in [2.75, 3.05) is 13.2 Å². The third-order valence-electron chi connectivity index (χ3n) is 5.76. The first-order valence-electron chi connectivity index (χ1n) is 13.4. The van der Waals surface area contributed by atoms with Crippen LogP contribution >= 0.6 is 0 Å². The lowest BCUT2D eigenvalue weighted by atomic mass is 10.1. The molecule has 0 aliphatic carbocycles. The number of hydrogen-bond donors (Lipinski definition) is 0. The van der Waals surface area contributed by atoms with Crippen molar-refractivity contribution >= 4 is 17.7 Å². The number of ether oxygens (including phenoxy) is 2. The first kappa shape index (κ1) is 30.6.